The minimum Gasteiger partial charge on any atom is -0.497 e. The Morgan fingerprint density at radius 1 is 0.800 bits per heavy atom. The van der Waals surface area contributed by atoms with Gasteiger partial charge in [0, 0.05) is 18.6 Å². The number of anilines is 1. The van der Waals surface area contributed by atoms with Crippen molar-refractivity contribution in [2.75, 3.05) is 19.1 Å². The van der Waals surface area contributed by atoms with Crippen molar-refractivity contribution in [1.82, 2.24) is 4.98 Å². The third-order valence-corrected chi connectivity index (χ3v) is 7.78. The van der Waals surface area contributed by atoms with E-state index in [0.717, 1.165) is 11.1 Å². The quantitative estimate of drug-likeness (QED) is 0.306. The molecule has 0 amide bonds. The van der Waals surface area contributed by atoms with Crippen molar-refractivity contribution < 1.29 is 32.0 Å². The molecule has 0 saturated carbocycles. The maximum Gasteiger partial charge on any atom is 0.495 e. The number of aromatic nitrogens is 1. The van der Waals surface area contributed by atoms with Crippen LogP contribution in [0.25, 0.3) is 0 Å². The Kier molecular flexibility index (Phi) is 8.16. The monoisotopic (exact) mass is 556 g/mol. The van der Waals surface area contributed by atoms with E-state index in [0.29, 0.717) is 36.0 Å². The molecule has 4 rings (SSSR count). The highest BCUT2D eigenvalue weighted by Gasteiger charge is 2.55. The molecule has 0 radical (unpaired) electrons. The van der Waals surface area contributed by atoms with Gasteiger partial charge in [-0.15, -0.1) is 0 Å². The molecule has 214 valence electrons. The van der Waals surface area contributed by atoms with Crippen LogP contribution < -0.4 is 19.8 Å². The number of rotatable bonds is 8. The fourth-order valence-electron chi connectivity index (χ4n) is 4.83. The molecule has 0 unspecified atom stereocenters. The lowest BCUT2D eigenvalue weighted by molar-refractivity contribution is -0.137. The summed E-state index contributed by atoms with van der Waals surface area (Å²) in [4.78, 5) is 6.52. The standard InChI is InChI=1S/C30H36BF3N2O4/c1-19-26(31-39-28(3,4)29(5,6)40-31)25(30(32,33)34)20(2)35-27(19)36(17-21-9-13-23(37-7)14-10-21)18-22-11-15-24(38-8)16-12-22/h9-16H,17-18H2,1-8H3. The van der Waals surface area contributed by atoms with Gasteiger partial charge in [-0.1, -0.05) is 24.3 Å². The summed E-state index contributed by atoms with van der Waals surface area (Å²) in [6.45, 7) is 11.1. The van der Waals surface area contributed by atoms with Crippen molar-refractivity contribution in [3.05, 3.63) is 76.5 Å². The summed E-state index contributed by atoms with van der Waals surface area (Å²) >= 11 is 0. The zero-order valence-corrected chi connectivity index (χ0v) is 24.3. The van der Waals surface area contributed by atoms with Gasteiger partial charge in [0.25, 0.3) is 0 Å². The first-order valence-corrected chi connectivity index (χ1v) is 13.1. The van der Waals surface area contributed by atoms with Crippen LogP contribution in [0, 0.1) is 13.8 Å². The summed E-state index contributed by atoms with van der Waals surface area (Å²) in [5, 5.41) is 0. The number of methoxy groups -OCH3 is 2. The van der Waals surface area contributed by atoms with Crippen LogP contribution in [0.4, 0.5) is 19.0 Å². The molecule has 1 saturated heterocycles. The molecular formula is C30H36BF3N2O4. The number of aryl methyl sites for hydroxylation is 1. The van der Waals surface area contributed by atoms with Crippen molar-refractivity contribution in [3.8, 4) is 11.5 Å². The lowest BCUT2D eigenvalue weighted by atomic mass is 9.72. The van der Waals surface area contributed by atoms with E-state index >= 15 is 0 Å². The molecule has 0 N–H and O–H groups in total. The summed E-state index contributed by atoms with van der Waals surface area (Å²) in [5.74, 6) is 1.86. The predicted octanol–water partition coefficient (Wildman–Crippen LogP) is 6.24. The van der Waals surface area contributed by atoms with Crippen molar-refractivity contribution in [1.29, 1.82) is 0 Å². The van der Waals surface area contributed by atoms with Crippen LogP contribution >= 0.6 is 0 Å². The molecule has 0 spiro atoms. The van der Waals surface area contributed by atoms with Gasteiger partial charge in [-0.3, -0.25) is 0 Å². The van der Waals surface area contributed by atoms with Gasteiger partial charge in [0.15, 0.2) is 0 Å². The third kappa shape index (κ3) is 5.93. The SMILES string of the molecule is COc1ccc(CN(Cc2ccc(OC)cc2)c2nc(C)c(C(F)(F)F)c(B3OC(C)(C)C(C)(C)O3)c2C)cc1. The Hall–Kier alpha value is -3.24. The fraction of sp³-hybridized carbons (Fsp3) is 0.433. The maximum atomic E-state index is 14.5. The van der Waals surface area contributed by atoms with E-state index < -0.39 is 30.1 Å². The Bertz CT molecular complexity index is 1280. The summed E-state index contributed by atoms with van der Waals surface area (Å²) in [6, 6.07) is 15.2. The zero-order chi connectivity index (χ0) is 29.5. The Labute approximate surface area is 234 Å². The topological polar surface area (TPSA) is 53.1 Å². The summed E-state index contributed by atoms with van der Waals surface area (Å²) in [6.07, 6.45) is -4.64. The van der Waals surface area contributed by atoms with Gasteiger partial charge in [0.05, 0.1) is 36.7 Å². The van der Waals surface area contributed by atoms with Gasteiger partial charge in [-0.2, -0.15) is 13.2 Å². The first kappa shape index (κ1) is 29.7. The van der Waals surface area contributed by atoms with Crippen LogP contribution in [0.5, 0.6) is 11.5 Å². The predicted molar refractivity (Wildman–Crippen MR) is 150 cm³/mol. The molecule has 2 heterocycles. The highest BCUT2D eigenvalue weighted by Crippen LogP contribution is 2.40. The lowest BCUT2D eigenvalue weighted by Gasteiger charge is -2.32. The Morgan fingerprint density at radius 3 is 1.60 bits per heavy atom. The van der Waals surface area contributed by atoms with E-state index in [9.17, 15) is 13.2 Å². The molecule has 0 atom stereocenters. The second-order valence-electron chi connectivity index (χ2n) is 11.1. The summed E-state index contributed by atoms with van der Waals surface area (Å²) in [5.41, 5.74) is -0.350. The van der Waals surface area contributed by atoms with Crippen LogP contribution in [0.1, 0.15) is 55.6 Å². The van der Waals surface area contributed by atoms with Crippen LogP contribution in [0.15, 0.2) is 48.5 Å². The van der Waals surface area contributed by atoms with E-state index in [4.69, 9.17) is 18.8 Å². The van der Waals surface area contributed by atoms with Crippen LogP contribution in [0.3, 0.4) is 0 Å². The minimum atomic E-state index is -4.64. The molecule has 1 aliphatic rings. The van der Waals surface area contributed by atoms with E-state index in [-0.39, 0.29) is 11.2 Å². The van der Waals surface area contributed by atoms with Crippen molar-refractivity contribution in [3.63, 3.8) is 0 Å². The number of ether oxygens (including phenoxy) is 2. The average molecular weight is 556 g/mol. The van der Waals surface area contributed by atoms with Gasteiger partial charge >= 0.3 is 13.3 Å². The molecular weight excluding hydrogens is 520 g/mol. The van der Waals surface area contributed by atoms with Gasteiger partial charge in [-0.05, 0) is 82.5 Å². The van der Waals surface area contributed by atoms with Crippen LogP contribution in [0.2, 0.25) is 0 Å². The molecule has 0 aliphatic carbocycles. The normalized spacial score (nSPS) is 16.2. The first-order valence-electron chi connectivity index (χ1n) is 13.1. The molecule has 3 aromatic rings. The zero-order valence-electron chi connectivity index (χ0n) is 24.3. The lowest BCUT2D eigenvalue weighted by Crippen LogP contribution is -2.43. The Balaban J connectivity index is 1.86. The first-order chi connectivity index (χ1) is 18.7. The number of pyridine rings is 1. The smallest absolute Gasteiger partial charge is 0.495 e. The maximum absolute atomic E-state index is 14.5. The van der Waals surface area contributed by atoms with E-state index in [1.54, 1.807) is 21.1 Å². The van der Waals surface area contributed by atoms with Crippen LogP contribution in [-0.2, 0) is 28.6 Å². The highest BCUT2D eigenvalue weighted by atomic mass is 19.4. The molecule has 10 heteroatoms. The largest absolute Gasteiger partial charge is 0.497 e. The van der Waals surface area contributed by atoms with E-state index in [2.05, 4.69) is 4.98 Å². The molecule has 1 aliphatic heterocycles. The number of nitrogens with zero attached hydrogens (tertiary/aromatic N) is 2. The molecule has 1 aromatic heterocycles. The van der Waals surface area contributed by atoms with Gasteiger partial charge < -0.3 is 23.7 Å². The number of hydrogen-bond donors (Lipinski definition) is 0. The average Bonchev–Trinajstić information content (AvgIpc) is 3.10. The van der Waals surface area contributed by atoms with Crippen molar-refractivity contribution in [2.24, 2.45) is 0 Å². The molecule has 0 bridgehead atoms. The number of halogens is 3. The van der Waals surface area contributed by atoms with Crippen LogP contribution in [-0.4, -0.2) is 37.5 Å². The Morgan fingerprint density at radius 2 is 1.23 bits per heavy atom. The number of alkyl halides is 3. The molecule has 2 aromatic carbocycles. The van der Waals surface area contributed by atoms with Gasteiger partial charge in [0.2, 0.25) is 0 Å². The second-order valence-corrected chi connectivity index (χ2v) is 11.1. The molecule has 40 heavy (non-hydrogen) atoms. The summed E-state index contributed by atoms with van der Waals surface area (Å²) in [7, 11) is 1.99. The van der Waals surface area contributed by atoms with Gasteiger partial charge in [0.1, 0.15) is 17.3 Å². The third-order valence-electron chi connectivity index (χ3n) is 7.78. The van der Waals surface area contributed by atoms with E-state index in [1.807, 2.05) is 81.1 Å². The van der Waals surface area contributed by atoms with Crippen molar-refractivity contribution in [2.45, 2.75) is 72.0 Å². The fourth-order valence-corrected chi connectivity index (χ4v) is 4.83. The second kappa shape index (κ2) is 11.0. The number of hydrogen-bond acceptors (Lipinski definition) is 6. The number of benzene rings is 2. The van der Waals surface area contributed by atoms with E-state index in [1.165, 1.54) is 6.92 Å². The summed E-state index contributed by atoms with van der Waals surface area (Å²) < 4.78 is 66.4. The molecule has 1 fully saturated rings. The highest BCUT2D eigenvalue weighted by molar-refractivity contribution is 6.63. The van der Waals surface area contributed by atoms with Crippen molar-refractivity contribution >= 4 is 18.4 Å². The molecule has 6 nitrogen and oxygen atoms in total. The van der Waals surface area contributed by atoms with Gasteiger partial charge in [-0.25, -0.2) is 4.98 Å². The minimum absolute atomic E-state index is 0.0388.